The van der Waals surface area contributed by atoms with E-state index in [1.807, 2.05) is 18.2 Å². The number of aryl methyl sites for hydroxylation is 1. The zero-order valence-corrected chi connectivity index (χ0v) is 12.6. The number of halogens is 2. The summed E-state index contributed by atoms with van der Waals surface area (Å²) in [6.07, 6.45) is 0.758. The monoisotopic (exact) mass is 319 g/mol. The van der Waals surface area contributed by atoms with Crippen LogP contribution in [0.1, 0.15) is 36.0 Å². The third-order valence-electron chi connectivity index (χ3n) is 4.07. The number of fused-ring (bicyclic) bond motifs is 1. The van der Waals surface area contributed by atoms with E-state index in [2.05, 4.69) is 15.1 Å². The predicted octanol–water partition coefficient (Wildman–Crippen LogP) is 3.70. The van der Waals surface area contributed by atoms with Crippen molar-refractivity contribution < 1.29 is 17.7 Å². The molecule has 0 bridgehead atoms. The number of hydrogen-bond acceptors (Lipinski definition) is 5. The maximum Gasteiger partial charge on any atom is 0.248 e. The molecular formula is C16H15F2N3O2. The summed E-state index contributed by atoms with van der Waals surface area (Å²) in [5.41, 5.74) is 2.51. The standard InChI is InChI=1S/C16H15F2N3O2/c1-9-19-12-4-10(2-3-13(12)22-9)6-15-20-14(21-23-15)5-11-7-16(17,18)8-11/h2-4,11H,5-8H2,1H3. The van der Waals surface area contributed by atoms with Crippen LogP contribution < -0.4 is 0 Å². The molecule has 0 atom stereocenters. The van der Waals surface area contributed by atoms with Gasteiger partial charge in [-0.15, -0.1) is 0 Å². The van der Waals surface area contributed by atoms with Crippen LogP contribution in [0.5, 0.6) is 0 Å². The molecule has 1 saturated carbocycles. The quantitative estimate of drug-likeness (QED) is 0.733. The first-order chi connectivity index (χ1) is 11.0. The molecule has 1 aliphatic rings. The van der Waals surface area contributed by atoms with Crippen molar-refractivity contribution in [2.24, 2.45) is 5.92 Å². The highest BCUT2D eigenvalue weighted by atomic mass is 19.3. The zero-order valence-electron chi connectivity index (χ0n) is 12.6. The van der Waals surface area contributed by atoms with Gasteiger partial charge in [-0.3, -0.25) is 0 Å². The summed E-state index contributed by atoms with van der Waals surface area (Å²) < 4.78 is 36.3. The molecule has 2 heterocycles. The largest absolute Gasteiger partial charge is 0.441 e. The van der Waals surface area contributed by atoms with E-state index in [0.29, 0.717) is 30.4 Å². The summed E-state index contributed by atoms with van der Waals surface area (Å²) in [6, 6.07) is 5.70. The second kappa shape index (κ2) is 5.11. The van der Waals surface area contributed by atoms with Crippen molar-refractivity contribution in [1.82, 2.24) is 15.1 Å². The van der Waals surface area contributed by atoms with E-state index in [1.165, 1.54) is 0 Å². The Morgan fingerprint density at radius 3 is 2.87 bits per heavy atom. The molecule has 1 aromatic carbocycles. The summed E-state index contributed by atoms with van der Waals surface area (Å²) in [5.74, 6) is -0.966. The van der Waals surface area contributed by atoms with Gasteiger partial charge in [-0.05, 0) is 23.6 Å². The predicted molar refractivity (Wildman–Crippen MR) is 77.2 cm³/mol. The van der Waals surface area contributed by atoms with Crippen molar-refractivity contribution >= 4 is 11.1 Å². The first-order valence-corrected chi connectivity index (χ1v) is 7.52. The van der Waals surface area contributed by atoms with Crippen LogP contribution in [0.4, 0.5) is 8.78 Å². The fourth-order valence-corrected chi connectivity index (χ4v) is 3.01. The summed E-state index contributed by atoms with van der Waals surface area (Å²) in [4.78, 5) is 8.58. The van der Waals surface area contributed by atoms with E-state index in [4.69, 9.17) is 8.94 Å². The highest BCUT2D eigenvalue weighted by Gasteiger charge is 2.45. The van der Waals surface area contributed by atoms with Crippen molar-refractivity contribution in [1.29, 1.82) is 0 Å². The van der Waals surface area contributed by atoms with Crippen LogP contribution in [0.2, 0.25) is 0 Å². The highest BCUT2D eigenvalue weighted by molar-refractivity contribution is 5.73. The fraction of sp³-hybridized carbons (Fsp3) is 0.438. The second-order valence-corrected chi connectivity index (χ2v) is 6.15. The number of nitrogens with zero attached hydrogens (tertiary/aromatic N) is 3. The maximum absolute atomic E-state index is 12.8. The Bertz CT molecular complexity index is 848. The molecule has 0 spiro atoms. The lowest BCUT2D eigenvalue weighted by atomic mass is 9.79. The minimum atomic E-state index is -2.51. The molecular weight excluding hydrogens is 304 g/mol. The first-order valence-electron chi connectivity index (χ1n) is 7.52. The maximum atomic E-state index is 12.8. The lowest BCUT2D eigenvalue weighted by Gasteiger charge is -2.34. The number of hydrogen-bond donors (Lipinski definition) is 0. The molecule has 23 heavy (non-hydrogen) atoms. The van der Waals surface area contributed by atoms with Crippen LogP contribution in [-0.2, 0) is 12.8 Å². The summed E-state index contributed by atoms with van der Waals surface area (Å²) >= 11 is 0. The molecule has 0 radical (unpaired) electrons. The third kappa shape index (κ3) is 2.95. The average Bonchev–Trinajstić information content (AvgIpc) is 3.02. The first kappa shape index (κ1) is 14.3. The van der Waals surface area contributed by atoms with Gasteiger partial charge in [0.05, 0.1) is 6.42 Å². The Hall–Kier alpha value is -2.31. The average molecular weight is 319 g/mol. The van der Waals surface area contributed by atoms with Crippen molar-refractivity contribution in [3.63, 3.8) is 0 Å². The molecule has 0 amide bonds. The van der Waals surface area contributed by atoms with Crippen LogP contribution in [0.15, 0.2) is 27.1 Å². The Labute approximate surface area is 130 Å². The Morgan fingerprint density at radius 1 is 1.26 bits per heavy atom. The minimum Gasteiger partial charge on any atom is -0.441 e. The fourth-order valence-electron chi connectivity index (χ4n) is 3.01. The van der Waals surface area contributed by atoms with Crippen molar-refractivity contribution in [3.05, 3.63) is 41.4 Å². The van der Waals surface area contributed by atoms with E-state index in [1.54, 1.807) is 6.92 Å². The normalized spacial score (nSPS) is 17.5. The van der Waals surface area contributed by atoms with E-state index in [-0.39, 0.29) is 18.8 Å². The number of aromatic nitrogens is 3. The molecule has 4 rings (SSSR count). The van der Waals surface area contributed by atoms with Gasteiger partial charge >= 0.3 is 0 Å². The number of benzene rings is 1. The van der Waals surface area contributed by atoms with Gasteiger partial charge in [0, 0.05) is 26.2 Å². The molecule has 3 aromatic rings. The van der Waals surface area contributed by atoms with Gasteiger partial charge in [-0.2, -0.15) is 4.98 Å². The number of rotatable bonds is 4. The van der Waals surface area contributed by atoms with Crippen molar-refractivity contribution in [2.75, 3.05) is 0 Å². The van der Waals surface area contributed by atoms with Gasteiger partial charge in [0.1, 0.15) is 5.52 Å². The van der Waals surface area contributed by atoms with Gasteiger partial charge in [-0.25, -0.2) is 13.8 Å². The van der Waals surface area contributed by atoms with Gasteiger partial charge < -0.3 is 8.94 Å². The van der Waals surface area contributed by atoms with Gasteiger partial charge in [0.15, 0.2) is 17.3 Å². The molecule has 5 nitrogen and oxygen atoms in total. The molecule has 1 fully saturated rings. The molecule has 0 saturated heterocycles. The van der Waals surface area contributed by atoms with Crippen LogP contribution >= 0.6 is 0 Å². The Balaban J connectivity index is 1.44. The van der Waals surface area contributed by atoms with Crippen LogP contribution in [0, 0.1) is 12.8 Å². The van der Waals surface area contributed by atoms with E-state index < -0.39 is 5.92 Å². The van der Waals surface area contributed by atoms with E-state index in [0.717, 1.165) is 16.7 Å². The Kier molecular flexibility index (Phi) is 3.18. The molecule has 0 unspecified atom stereocenters. The van der Waals surface area contributed by atoms with E-state index >= 15 is 0 Å². The molecule has 1 aliphatic carbocycles. The van der Waals surface area contributed by atoms with Gasteiger partial charge in [-0.1, -0.05) is 11.2 Å². The molecule has 120 valence electrons. The van der Waals surface area contributed by atoms with E-state index in [9.17, 15) is 8.78 Å². The third-order valence-corrected chi connectivity index (χ3v) is 4.07. The smallest absolute Gasteiger partial charge is 0.248 e. The SMILES string of the molecule is Cc1nc2cc(Cc3nc(CC4CC(F)(F)C4)no3)ccc2o1. The molecule has 0 N–H and O–H groups in total. The van der Waals surface area contributed by atoms with Crippen LogP contribution in [-0.4, -0.2) is 21.0 Å². The topological polar surface area (TPSA) is 65.0 Å². The Morgan fingerprint density at radius 2 is 2.09 bits per heavy atom. The second-order valence-electron chi connectivity index (χ2n) is 6.15. The van der Waals surface area contributed by atoms with Gasteiger partial charge in [0.2, 0.25) is 11.8 Å². The zero-order chi connectivity index (χ0) is 16.0. The lowest BCUT2D eigenvalue weighted by Crippen LogP contribution is -2.36. The highest BCUT2D eigenvalue weighted by Crippen LogP contribution is 2.43. The lowest BCUT2D eigenvalue weighted by molar-refractivity contribution is -0.110. The van der Waals surface area contributed by atoms with Crippen LogP contribution in [0.3, 0.4) is 0 Å². The van der Waals surface area contributed by atoms with Crippen LogP contribution in [0.25, 0.3) is 11.1 Å². The summed E-state index contributed by atoms with van der Waals surface area (Å²) in [5, 5.41) is 3.88. The molecule has 0 aliphatic heterocycles. The molecule has 2 aromatic heterocycles. The van der Waals surface area contributed by atoms with Crippen molar-refractivity contribution in [2.45, 2.75) is 38.5 Å². The van der Waals surface area contributed by atoms with Gasteiger partial charge in [0.25, 0.3) is 0 Å². The van der Waals surface area contributed by atoms with Crippen molar-refractivity contribution in [3.8, 4) is 0 Å². The summed E-state index contributed by atoms with van der Waals surface area (Å²) in [6.45, 7) is 1.80. The summed E-state index contributed by atoms with van der Waals surface area (Å²) in [7, 11) is 0. The molecule has 7 heteroatoms. The minimum absolute atomic E-state index is 0.0510. The number of alkyl halides is 2. The number of oxazole rings is 1.